The number of nitrogens with zero attached hydrogens (tertiary/aromatic N) is 7. The lowest BCUT2D eigenvalue weighted by atomic mass is 10.0. The van der Waals surface area contributed by atoms with Crippen molar-refractivity contribution >= 4 is 28.4 Å². The molecule has 0 spiro atoms. The van der Waals surface area contributed by atoms with Gasteiger partial charge in [-0.2, -0.15) is 4.68 Å². The van der Waals surface area contributed by atoms with Crippen LogP contribution < -0.4 is 11.3 Å². The van der Waals surface area contributed by atoms with E-state index in [0.717, 1.165) is 45.6 Å². The third-order valence-electron chi connectivity index (χ3n) is 7.55. The Hall–Kier alpha value is -4.77. The van der Waals surface area contributed by atoms with Gasteiger partial charge in [-0.3, -0.25) is 4.79 Å². The highest BCUT2D eigenvalue weighted by Crippen LogP contribution is 2.60. The first kappa shape index (κ1) is 21.3. The van der Waals surface area contributed by atoms with E-state index in [1.54, 1.807) is 16.8 Å². The van der Waals surface area contributed by atoms with Crippen molar-refractivity contribution in [1.29, 1.82) is 0 Å². The lowest BCUT2D eigenvalue weighted by Crippen LogP contribution is -2.26. The van der Waals surface area contributed by atoms with Gasteiger partial charge in [-0.15, -0.1) is 5.10 Å². The summed E-state index contributed by atoms with van der Waals surface area (Å²) in [5.74, 6) is 1.69. The Balaban J connectivity index is 1.20. The Bertz CT molecular complexity index is 1940. The third-order valence-corrected chi connectivity index (χ3v) is 7.79. The van der Waals surface area contributed by atoms with Gasteiger partial charge in [-0.05, 0) is 64.7 Å². The Labute approximate surface area is 218 Å². The number of tetrazole rings is 1. The van der Waals surface area contributed by atoms with Gasteiger partial charge in [0.1, 0.15) is 12.2 Å². The lowest BCUT2D eigenvalue weighted by Gasteiger charge is -2.18. The quantitative estimate of drug-likeness (QED) is 0.353. The highest BCUT2D eigenvalue weighted by molar-refractivity contribution is 6.31. The maximum Gasteiger partial charge on any atom is 0.251 e. The average molecular weight is 524 g/mol. The minimum absolute atomic E-state index is 0.0768. The minimum atomic E-state index is -0.110. The van der Waals surface area contributed by atoms with Crippen LogP contribution in [0.5, 0.6) is 0 Å². The predicted molar refractivity (Wildman–Crippen MR) is 139 cm³/mol. The van der Waals surface area contributed by atoms with E-state index in [1.807, 2.05) is 41.1 Å². The lowest BCUT2D eigenvalue weighted by molar-refractivity contribution is 0.460. The molecule has 0 amide bonds. The number of halogens is 1. The zero-order valence-corrected chi connectivity index (χ0v) is 20.4. The first-order valence-electron chi connectivity index (χ1n) is 12.0. The first-order valence-corrected chi connectivity index (χ1v) is 12.4. The molecule has 12 heteroatoms. The van der Waals surface area contributed by atoms with Gasteiger partial charge in [-0.25, -0.2) is 4.98 Å². The average Bonchev–Trinajstić information content (AvgIpc) is 3.35. The fraction of sp³-hybridized carbons (Fsp3) is 0.154. The zero-order valence-electron chi connectivity index (χ0n) is 19.6. The highest BCUT2D eigenvalue weighted by atomic mass is 35.5. The number of fused-ring (bicyclic) bond motifs is 4. The fourth-order valence-electron chi connectivity index (χ4n) is 5.75. The summed E-state index contributed by atoms with van der Waals surface area (Å²) in [6.45, 7) is 0. The molecular formula is C26H18ClN9O2. The van der Waals surface area contributed by atoms with Crippen LogP contribution >= 0.6 is 11.6 Å². The number of nitrogens with two attached hydrogens (primary N) is 1. The number of benzene rings is 2. The van der Waals surface area contributed by atoms with Crippen molar-refractivity contribution in [1.82, 2.24) is 39.9 Å². The van der Waals surface area contributed by atoms with Crippen molar-refractivity contribution in [2.24, 2.45) is 5.92 Å². The number of nitrogens with one attached hydrogen (secondary N) is 1. The van der Waals surface area contributed by atoms with Crippen LogP contribution in [-0.2, 0) is 0 Å². The van der Waals surface area contributed by atoms with Crippen molar-refractivity contribution in [3.05, 3.63) is 87.8 Å². The summed E-state index contributed by atoms with van der Waals surface area (Å²) in [6.07, 6.45) is 4.35. The standard InChI is InChI=1S/C26H18ClN9O2/c27-14-2-4-20(35-11-30-33-34-35)16(8-14)13-5-21-17-9-18(17)24(36(21)23(37)7-13)19-10-29-26(31-19)12-1-3-15-22(6-12)38-32-25(15)28/h1-8,10-11,17-18,24H,9H2,(H2,28,32)(H,29,31). The van der Waals surface area contributed by atoms with Crippen molar-refractivity contribution in [3.8, 4) is 28.2 Å². The molecule has 4 aromatic heterocycles. The maximum absolute atomic E-state index is 13.6. The Morgan fingerprint density at radius 3 is 2.89 bits per heavy atom. The smallest absolute Gasteiger partial charge is 0.251 e. The second-order valence-electron chi connectivity index (χ2n) is 9.71. The molecule has 5 heterocycles. The van der Waals surface area contributed by atoms with Crippen LogP contribution in [0.3, 0.4) is 0 Å². The number of anilines is 1. The molecule has 0 bridgehead atoms. The van der Waals surface area contributed by atoms with E-state index < -0.39 is 0 Å². The molecule has 1 aliphatic heterocycles. The largest absolute Gasteiger partial charge is 0.380 e. The van der Waals surface area contributed by atoms with Crippen molar-refractivity contribution < 1.29 is 4.52 Å². The number of imidazole rings is 1. The molecule has 6 aromatic rings. The van der Waals surface area contributed by atoms with Crippen molar-refractivity contribution in [2.75, 3.05) is 5.73 Å². The van der Waals surface area contributed by atoms with Gasteiger partial charge >= 0.3 is 0 Å². The highest BCUT2D eigenvalue weighted by Gasteiger charge is 2.53. The molecule has 11 nitrogen and oxygen atoms in total. The van der Waals surface area contributed by atoms with Gasteiger partial charge in [-0.1, -0.05) is 22.8 Å². The van der Waals surface area contributed by atoms with Gasteiger partial charge in [0.2, 0.25) is 0 Å². The summed E-state index contributed by atoms with van der Waals surface area (Å²) in [4.78, 5) is 21.6. The van der Waals surface area contributed by atoms with Crippen LogP contribution in [-0.4, -0.2) is 39.9 Å². The van der Waals surface area contributed by atoms with E-state index in [4.69, 9.17) is 21.9 Å². The second kappa shape index (κ2) is 7.62. The molecule has 186 valence electrons. The summed E-state index contributed by atoms with van der Waals surface area (Å²) in [5.41, 5.74) is 11.4. The van der Waals surface area contributed by atoms with Crippen molar-refractivity contribution in [3.63, 3.8) is 0 Å². The number of pyridine rings is 1. The van der Waals surface area contributed by atoms with E-state index >= 15 is 0 Å². The topological polar surface area (TPSA) is 146 Å². The number of rotatable bonds is 4. The van der Waals surface area contributed by atoms with Gasteiger partial charge in [0.05, 0.1) is 29.0 Å². The molecule has 1 fully saturated rings. The summed E-state index contributed by atoms with van der Waals surface area (Å²) in [7, 11) is 0. The monoisotopic (exact) mass is 523 g/mol. The van der Waals surface area contributed by atoms with Crippen LogP contribution in [0.15, 0.2) is 70.4 Å². The Morgan fingerprint density at radius 2 is 2.03 bits per heavy atom. The predicted octanol–water partition coefficient (Wildman–Crippen LogP) is 3.96. The third kappa shape index (κ3) is 3.08. The number of aromatic amines is 1. The van der Waals surface area contributed by atoms with Gasteiger partial charge in [0, 0.05) is 33.8 Å². The maximum atomic E-state index is 13.6. The molecule has 3 atom stereocenters. The van der Waals surface area contributed by atoms with Gasteiger partial charge in [0.25, 0.3) is 5.56 Å². The van der Waals surface area contributed by atoms with Gasteiger partial charge in [0.15, 0.2) is 11.4 Å². The molecule has 3 unspecified atom stereocenters. The normalized spacial score (nSPS) is 19.6. The minimum Gasteiger partial charge on any atom is -0.380 e. The number of hydrogen-bond acceptors (Lipinski definition) is 8. The fourth-order valence-corrected chi connectivity index (χ4v) is 5.92. The van der Waals surface area contributed by atoms with Crippen LogP contribution in [0.25, 0.3) is 39.2 Å². The number of H-pyrrole nitrogens is 1. The van der Waals surface area contributed by atoms with E-state index in [0.29, 0.717) is 34.1 Å². The Kier molecular flexibility index (Phi) is 4.28. The molecule has 0 saturated heterocycles. The molecule has 2 aromatic carbocycles. The summed E-state index contributed by atoms with van der Waals surface area (Å²) >= 11 is 6.34. The summed E-state index contributed by atoms with van der Waals surface area (Å²) in [5, 5.41) is 16.7. The van der Waals surface area contributed by atoms with Crippen molar-refractivity contribution in [2.45, 2.75) is 18.4 Å². The van der Waals surface area contributed by atoms with E-state index in [-0.39, 0.29) is 11.6 Å². The molecule has 3 N–H and O–H groups in total. The molecule has 38 heavy (non-hydrogen) atoms. The molecular weight excluding hydrogens is 506 g/mol. The Morgan fingerprint density at radius 1 is 1.11 bits per heavy atom. The SMILES string of the molecule is Nc1noc2cc(-c3ncc(C4C5CC5c5cc(-c6cc(Cl)ccc6-n6cnnn6)cc(=O)n54)[nH]3)ccc12. The molecule has 1 saturated carbocycles. The number of hydrogen-bond donors (Lipinski definition) is 2. The first-order chi connectivity index (χ1) is 18.5. The molecule has 0 radical (unpaired) electrons. The molecule has 8 rings (SSSR count). The summed E-state index contributed by atoms with van der Waals surface area (Å²) < 4.78 is 8.76. The molecule has 1 aliphatic carbocycles. The number of aromatic nitrogens is 8. The van der Waals surface area contributed by atoms with Crippen LogP contribution in [0.2, 0.25) is 5.02 Å². The second-order valence-corrected chi connectivity index (χ2v) is 10.1. The van der Waals surface area contributed by atoms with Gasteiger partial charge < -0.3 is 19.8 Å². The van der Waals surface area contributed by atoms with E-state index in [9.17, 15) is 4.79 Å². The van der Waals surface area contributed by atoms with Crippen LogP contribution in [0.4, 0.5) is 5.82 Å². The van der Waals surface area contributed by atoms with Crippen LogP contribution in [0.1, 0.15) is 29.8 Å². The van der Waals surface area contributed by atoms with Crippen LogP contribution in [0, 0.1) is 5.92 Å². The van der Waals surface area contributed by atoms with E-state index in [1.165, 1.54) is 6.33 Å². The van der Waals surface area contributed by atoms with E-state index in [2.05, 4.69) is 36.7 Å². The zero-order chi connectivity index (χ0) is 25.5. The molecule has 2 aliphatic rings. The summed E-state index contributed by atoms with van der Waals surface area (Å²) in [6, 6.07) is 14.7. The number of nitrogen functional groups attached to an aromatic ring is 1.